The summed E-state index contributed by atoms with van der Waals surface area (Å²) < 4.78 is 17.2. The van der Waals surface area contributed by atoms with Crippen LogP contribution in [-0.2, 0) is 21.5 Å². The molecule has 1 heterocycles. The zero-order chi connectivity index (χ0) is 18.2. The van der Waals surface area contributed by atoms with Gasteiger partial charge in [-0.3, -0.25) is 4.79 Å². The fourth-order valence-corrected chi connectivity index (χ4v) is 3.81. The summed E-state index contributed by atoms with van der Waals surface area (Å²) in [4.78, 5) is 13.6. The molecule has 0 N–H and O–H groups in total. The number of hydrogen-bond donors (Lipinski definition) is 0. The molecule has 1 aliphatic heterocycles. The first kappa shape index (κ1) is 17.8. The van der Waals surface area contributed by atoms with Gasteiger partial charge in [0.15, 0.2) is 11.5 Å². The third-order valence-electron chi connectivity index (χ3n) is 5.30. The van der Waals surface area contributed by atoms with E-state index >= 15 is 0 Å². The molecule has 25 heavy (non-hydrogen) atoms. The van der Waals surface area contributed by atoms with Crippen LogP contribution in [-0.4, -0.2) is 43.8 Å². The highest BCUT2D eigenvalue weighted by atomic mass is 16.5. The number of ether oxygens (including phenoxy) is 3. The minimum absolute atomic E-state index is 0.0705. The van der Waals surface area contributed by atoms with Crippen molar-refractivity contribution < 1.29 is 19.0 Å². The lowest BCUT2D eigenvalue weighted by molar-refractivity contribution is -0.145. The molecule has 0 radical (unpaired) electrons. The molecule has 0 aromatic heterocycles. The van der Waals surface area contributed by atoms with E-state index in [0.29, 0.717) is 6.42 Å². The quantitative estimate of drug-likeness (QED) is 0.606. The molecule has 0 unspecified atom stereocenters. The lowest BCUT2D eigenvalue weighted by atomic mass is 9.72. The maximum atomic E-state index is 11.3. The molecule has 1 aromatic rings. The van der Waals surface area contributed by atoms with Crippen LogP contribution >= 0.6 is 0 Å². The second-order valence-corrected chi connectivity index (χ2v) is 7.09. The molecular weight excluding hydrogens is 318 g/mol. The molecule has 1 aliphatic carbocycles. The Hall–Kier alpha value is -2.01. The van der Waals surface area contributed by atoms with E-state index in [2.05, 4.69) is 37.9 Å². The van der Waals surface area contributed by atoms with Gasteiger partial charge in [0.2, 0.25) is 0 Å². The number of esters is 1. The minimum atomic E-state index is -0.267. The Morgan fingerprint density at radius 3 is 2.84 bits per heavy atom. The van der Waals surface area contributed by atoms with Gasteiger partial charge in [-0.05, 0) is 38.2 Å². The summed E-state index contributed by atoms with van der Waals surface area (Å²) in [5.74, 6) is 1.31. The summed E-state index contributed by atoms with van der Waals surface area (Å²) >= 11 is 0. The van der Waals surface area contributed by atoms with Gasteiger partial charge < -0.3 is 19.1 Å². The van der Waals surface area contributed by atoms with Crippen molar-refractivity contribution >= 4 is 5.97 Å². The number of nitrogens with zero attached hydrogens (tertiary/aromatic N) is 1. The van der Waals surface area contributed by atoms with Crippen molar-refractivity contribution in [2.45, 2.75) is 51.4 Å². The van der Waals surface area contributed by atoms with Crippen LogP contribution in [0.3, 0.4) is 0 Å². The highest BCUT2D eigenvalue weighted by Gasteiger charge is 2.49. The van der Waals surface area contributed by atoms with Crippen molar-refractivity contribution in [1.29, 1.82) is 0 Å². The van der Waals surface area contributed by atoms with Crippen LogP contribution in [0, 0.1) is 0 Å². The third kappa shape index (κ3) is 3.13. The van der Waals surface area contributed by atoms with E-state index in [9.17, 15) is 4.79 Å². The Morgan fingerprint density at radius 2 is 2.20 bits per heavy atom. The van der Waals surface area contributed by atoms with Crippen molar-refractivity contribution in [3.8, 4) is 11.5 Å². The van der Waals surface area contributed by atoms with Gasteiger partial charge >= 0.3 is 5.97 Å². The smallest absolute Gasteiger partial charge is 0.303 e. The molecule has 1 aromatic carbocycles. The van der Waals surface area contributed by atoms with Gasteiger partial charge in [-0.1, -0.05) is 19.1 Å². The lowest BCUT2D eigenvalue weighted by Gasteiger charge is -2.34. The highest BCUT2D eigenvalue weighted by molar-refractivity contribution is 5.66. The first-order valence-corrected chi connectivity index (χ1v) is 8.81. The van der Waals surface area contributed by atoms with E-state index in [1.54, 1.807) is 7.11 Å². The summed E-state index contributed by atoms with van der Waals surface area (Å²) in [6.45, 7) is 7.61. The maximum Gasteiger partial charge on any atom is 0.303 e. The summed E-state index contributed by atoms with van der Waals surface area (Å²) in [6, 6.07) is 4.11. The molecule has 0 saturated carbocycles. The number of benzene rings is 1. The number of carbonyl (C=O) groups excluding carboxylic acids is 1. The standard InChI is InChI=1S/C20H27NO4/c1-6-21(4)12-14-7-8-16(23-5)19-18(14)20(3)10-9-15(24-13(2)22)11-17(20)25-19/h7-10,15,17H,6,11-12H2,1-5H3/t15-,17-,20+/m0/s1. The van der Waals surface area contributed by atoms with Crippen LogP contribution in [0.15, 0.2) is 24.3 Å². The zero-order valence-corrected chi connectivity index (χ0v) is 15.7. The Balaban J connectivity index is 2.02. The maximum absolute atomic E-state index is 11.3. The van der Waals surface area contributed by atoms with E-state index in [1.165, 1.54) is 18.1 Å². The molecule has 3 atom stereocenters. The van der Waals surface area contributed by atoms with Crippen LogP contribution in [0.4, 0.5) is 0 Å². The second kappa shape index (κ2) is 6.71. The summed E-state index contributed by atoms with van der Waals surface area (Å²) in [5, 5.41) is 0. The van der Waals surface area contributed by atoms with Crippen molar-refractivity contribution in [3.05, 3.63) is 35.4 Å². The van der Waals surface area contributed by atoms with Crippen LogP contribution < -0.4 is 9.47 Å². The highest BCUT2D eigenvalue weighted by Crippen LogP contribution is 2.53. The van der Waals surface area contributed by atoms with Gasteiger partial charge in [-0.2, -0.15) is 0 Å². The van der Waals surface area contributed by atoms with Crippen LogP contribution in [0.1, 0.15) is 38.3 Å². The van der Waals surface area contributed by atoms with E-state index in [-0.39, 0.29) is 23.6 Å². The van der Waals surface area contributed by atoms with Crippen molar-refractivity contribution in [2.75, 3.05) is 20.7 Å². The molecule has 0 saturated heterocycles. The largest absolute Gasteiger partial charge is 0.493 e. The number of fused-ring (bicyclic) bond motifs is 3. The van der Waals surface area contributed by atoms with Crippen molar-refractivity contribution in [2.24, 2.45) is 0 Å². The summed E-state index contributed by atoms with van der Waals surface area (Å²) in [6.07, 6.45) is 4.46. The van der Waals surface area contributed by atoms with Crippen molar-refractivity contribution in [3.63, 3.8) is 0 Å². The van der Waals surface area contributed by atoms with Crippen LogP contribution in [0.25, 0.3) is 0 Å². The van der Waals surface area contributed by atoms with Crippen LogP contribution in [0.5, 0.6) is 11.5 Å². The Morgan fingerprint density at radius 1 is 1.44 bits per heavy atom. The number of rotatable bonds is 5. The van der Waals surface area contributed by atoms with Gasteiger partial charge in [-0.25, -0.2) is 0 Å². The van der Waals surface area contributed by atoms with E-state index in [1.807, 2.05) is 12.1 Å². The average molecular weight is 345 g/mol. The molecule has 136 valence electrons. The molecule has 2 aliphatic rings. The number of carbonyl (C=O) groups is 1. The Labute approximate surface area is 149 Å². The molecule has 0 spiro atoms. The van der Waals surface area contributed by atoms with E-state index < -0.39 is 0 Å². The third-order valence-corrected chi connectivity index (χ3v) is 5.30. The molecule has 3 rings (SSSR count). The predicted octanol–water partition coefficient (Wildman–Crippen LogP) is 3.06. The Kier molecular flexibility index (Phi) is 4.78. The van der Waals surface area contributed by atoms with Gasteiger partial charge in [-0.15, -0.1) is 0 Å². The number of methoxy groups -OCH3 is 1. The SMILES string of the molecule is CCN(C)Cc1ccc(OC)c2c1[C@]1(C)C=C[C@H](OC(C)=O)C[C@@H]1O2. The molecular formula is C20H27NO4. The topological polar surface area (TPSA) is 48.0 Å². The van der Waals surface area contributed by atoms with E-state index in [0.717, 1.165) is 24.6 Å². The van der Waals surface area contributed by atoms with Gasteiger partial charge in [0.05, 0.1) is 12.5 Å². The Bertz CT molecular complexity index is 699. The minimum Gasteiger partial charge on any atom is -0.493 e. The fraction of sp³-hybridized carbons (Fsp3) is 0.550. The molecule has 0 bridgehead atoms. The van der Waals surface area contributed by atoms with Gasteiger partial charge in [0.25, 0.3) is 0 Å². The first-order valence-electron chi connectivity index (χ1n) is 8.81. The van der Waals surface area contributed by atoms with Gasteiger partial charge in [0.1, 0.15) is 12.2 Å². The summed E-state index contributed by atoms with van der Waals surface area (Å²) in [5.41, 5.74) is 2.19. The fourth-order valence-electron chi connectivity index (χ4n) is 3.81. The number of hydrogen-bond acceptors (Lipinski definition) is 5. The van der Waals surface area contributed by atoms with Crippen molar-refractivity contribution in [1.82, 2.24) is 4.90 Å². The second-order valence-electron chi connectivity index (χ2n) is 7.09. The molecule has 0 amide bonds. The molecule has 5 nitrogen and oxygen atoms in total. The van der Waals surface area contributed by atoms with Crippen LogP contribution in [0.2, 0.25) is 0 Å². The zero-order valence-electron chi connectivity index (χ0n) is 15.7. The predicted molar refractivity (Wildman–Crippen MR) is 96.1 cm³/mol. The average Bonchev–Trinajstić information content (AvgIpc) is 2.88. The summed E-state index contributed by atoms with van der Waals surface area (Å²) in [7, 11) is 3.78. The van der Waals surface area contributed by atoms with E-state index in [4.69, 9.17) is 14.2 Å². The molecule has 5 heteroatoms. The first-order chi connectivity index (χ1) is 11.9. The van der Waals surface area contributed by atoms with Gasteiger partial charge in [0, 0.05) is 25.5 Å². The monoisotopic (exact) mass is 345 g/mol. The normalized spacial score (nSPS) is 26.8. The lowest BCUT2D eigenvalue weighted by Crippen LogP contribution is -2.41. The molecule has 0 fully saturated rings.